The number of aromatic nitrogens is 1. The standard InChI is InChI=1S/C5H6NO/c7-5-6-3-1-2-4-6/h1-5,7H. The molecule has 0 saturated carbocycles. The summed E-state index contributed by atoms with van der Waals surface area (Å²) in [5.41, 5.74) is 0. The maximum atomic E-state index is 8.26. The van der Waals surface area contributed by atoms with Gasteiger partial charge < -0.3 is 9.67 Å². The number of hydrogen-bond donors (Lipinski definition) is 1. The summed E-state index contributed by atoms with van der Waals surface area (Å²) in [6, 6.07) is 3.68. The zero-order valence-electron chi connectivity index (χ0n) is 3.78. The number of rotatable bonds is 1. The van der Waals surface area contributed by atoms with Crippen molar-refractivity contribution >= 4 is 0 Å². The van der Waals surface area contributed by atoms with Crippen LogP contribution >= 0.6 is 0 Å². The molecule has 0 saturated heterocycles. The van der Waals surface area contributed by atoms with Crippen molar-refractivity contribution in [1.29, 1.82) is 0 Å². The Morgan fingerprint density at radius 3 is 2.14 bits per heavy atom. The molecule has 0 atom stereocenters. The van der Waals surface area contributed by atoms with Gasteiger partial charge in [0.05, 0.1) is 0 Å². The van der Waals surface area contributed by atoms with Crippen LogP contribution in [0.25, 0.3) is 0 Å². The third kappa shape index (κ3) is 0.810. The van der Waals surface area contributed by atoms with Gasteiger partial charge in [0.25, 0.3) is 0 Å². The summed E-state index contributed by atoms with van der Waals surface area (Å²) in [4.78, 5) is 0. The second-order valence-corrected chi connectivity index (χ2v) is 1.25. The average Bonchev–Trinajstić information content (AvgIpc) is 2.14. The van der Waals surface area contributed by atoms with E-state index in [1.165, 1.54) is 0 Å². The predicted octanol–water partition coefficient (Wildman–Crippen LogP) is 0.828. The summed E-state index contributed by atoms with van der Waals surface area (Å²) in [6.07, 6.45) is 3.50. The van der Waals surface area contributed by atoms with E-state index in [-0.39, 0.29) is 0 Å². The Balaban J connectivity index is 2.76. The molecule has 1 aromatic rings. The summed E-state index contributed by atoms with van der Waals surface area (Å²) in [5, 5.41) is 8.26. The number of nitrogens with zero attached hydrogens (tertiary/aromatic N) is 1. The minimum atomic E-state index is 1.00. The van der Waals surface area contributed by atoms with E-state index in [0.29, 0.717) is 0 Å². The molecule has 0 aliphatic rings. The van der Waals surface area contributed by atoms with E-state index in [0.717, 1.165) is 6.73 Å². The maximum Gasteiger partial charge on any atom is 0.176 e. The van der Waals surface area contributed by atoms with Gasteiger partial charge in [0, 0.05) is 12.4 Å². The lowest BCUT2D eigenvalue weighted by Crippen LogP contribution is -1.85. The second kappa shape index (κ2) is 1.80. The molecule has 0 bridgehead atoms. The summed E-state index contributed by atoms with van der Waals surface area (Å²) in [5.74, 6) is 0. The Hall–Kier alpha value is -0.760. The first kappa shape index (κ1) is 4.40. The van der Waals surface area contributed by atoms with E-state index in [2.05, 4.69) is 0 Å². The van der Waals surface area contributed by atoms with Crippen LogP contribution in [0.2, 0.25) is 0 Å². The fraction of sp³-hybridized carbons (Fsp3) is 0. The average molecular weight is 96.1 g/mol. The van der Waals surface area contributed by atoms with Gasteiger partial charge in [-0.05, 0) is 12.1 Å². The van der Waals surface area contributed by atoms with E-state index in [9.17, 15) is 0 Å². The van der Waals surface area contributed by atoms with Crippen LogP contribution in [0.5, 0.6) is 0 Å². The van der Waals surface area contributed by atoms with Crippen LogP contribution in [0.1, 0.15) is 0 Å². The highest BCUT2D eigenvalue weighted by Gasteiger charge is 1.78. The molecule has 0 spiro atoms. The SMILES string of the molecule is O[CH]n1cccc1. The third-order valence-corrected chi connectivity index (χ3v) is 0.761. The van der Waals surface area contributed by atoms with Gasteiger partial charge in [0.2, 0.25) is 0 Å². The van der Waals surface area contributed by atoms with Crippen LogP contribution in [-0.4, -0.2) is 9.67 Å². The van der Waals surface area contributed by atoms with E-state index >= 15 is 0 Å². The quantitative estimate of drug-likeness (QED) is 0.550. The van der Waals surface area contributed by atoms with Gasteiger partial charge in [0.1, 0.15) is 0 Å². The van der Waals surface area contributed by atoms with E-state index in [1.807, 2.05) is 12.1 Å². The van der Waals surface area contributed by atoms with E-state index < -0.39 is 0 Å². The molecule has 0 fully saturated rings. The van der Waals surface area contributed by atoms with Crippen LogP contribution < -0.4 is 0 Å². The monoisotopic (exact) mass is 96.0 g/mol. The zero-order valence-corrected chi connectivity index (χ0v) is 3.78. The normalized spacial score (nSPS) is 9.29. The van der Waals surface area contributed by atoms with Crippen molar-refractivity contribution in [2.75, 3.05) is 0 Å². The van der Waals surface area contributed by atoms with Gasteiger partial charge >= 0.3 is 0 Å². The molecule has 0 aromatic carbocycles. The molecule has 1 rings (SSSR count). The molecular weight excluding hydrogens is 90.1 g/mol. The minimum absolute atomic E-state index is 1.00. The van der Waals surface area contributed by atoms with Crippen molar-refractivity contribution < 1.29 is 5.11 Å². The van der Waals surface area contributed by atoms with Gasteiger partial charge in [-0.15, -0.1) is 0 Å². The first-order chi connectivity index (χ1) is 3.43. The molecule has 0 amide bonds. The molecule has 1 aromatic heterocycles. The molecule has 1 N–H and O–H groups in total. The van der Waals surface area contributed by atoms with Crippen LogP contribution in [0.3, 0.4) is 0 Å². The van der Waals surface area contributed by atoms with E-state index in [4.69, 9.17) is 5.11 Å². The fourth-order valence-electron chi connectivity index (χ4n) is 0.425. The first-order valence-electron chi connectivity index (χ1n) is 2.03. The topological polar surface area (TPSA) is 25.2 Å². The third-order valence-electron chi connectivity index (χ3n) is 0.761. The minimum Gasteiger partial charge on any atom is -0.369 e. The van der Waals surface area contributed by atoms with Crippen LogP contribution in [0.15, 0.2) is 24.5 Å². The molecule has 1 radical (unpaired) electrons. The highest BCUT2D eigenvalue weighted by molar-refractivity contribution is 4.91. The Bertz CT molecular complexity index is 123. The Kier molecular flexibility index (Phi) is 1.13. The molecule has 2 nitrogen and oxygen atoms in total. The van der Waals surface area contributed by atoms with Crippen molar-refractivity contribution in [3.8, 4) is 0 Å². The highest BCUT2D eigenvalue weighted by atomic mass is 16.3. The van der Waals surface area contributed by atoms with Crippen molar-refractivity contribution in [3.05, 3.63) is 31.3 Å². The molecular formula is C5H6NO. The van der Waals surface area contributed by atoms with Crippen molar-refractivity contribution in [2.45, 2.75) is 0 Å². The number of aliphatic hydroxyl groups excluding tert-OH is 1. The number of hydrogen-bond acceptors (Lipinski definition) is 1. The van der Waals surface area contributed by atoms with Crippen LogP contribution in [0.4, 0.5) is 0 Å². The van der Waals surface area contributed by atoms with Gasteiger partial charge in [-0.2, -0.15) is 0 Å². The van der Waals surface area contributed by atoms with Crippen molar-refractivity contribution in [3.63, 3.8) is 0 Å². The lowest BCUT2D eigenvalue weighted by molar-refractivity contribution is 0.360. The molecule has 0 aliphatic heterocycles. The lowest BCUT2D eigenvalue weighted by Gasteiger charge is -1.87. The molecule has 37 valence electrons. The largest absolute Gasteiger partial charge is 0.369 e. The first-order valence-corrected chi connectivity index (χ1v) is 2.03. The van der Waals surface area contributed by atoms with Crippen LogP contribution in [0, 0.1) is 6.73 Å². The fourth-order valence-corrected chi connectivity index (χ4v) is 0.425. The number of aliphatic hydroxyl groups is 1. The van der Waals surface area contributed by atoms with Gasteiger partial charge in [-0.25, -0.2) is 0 Å². The van der Waals surface area contributed by atoms with Crippen molar-refractivity contribution in [1.82, 2.24) is 4.57 Å². The Morgan fingerprint density at radius 2 is 1.86 bits per heavy atom. The molecule has 0 aliphatic carbocycles. The summed E-state index contributed by atoms with van der Waals surface area (Å²) < 4.78 is 1.56. The van der Waals surface area contributed by atoms with Crippen LogP contribution in [-0.2, 0) is 0 Å². The zero-order chi connectivity index (χ0) is 5.11. The second-order valence-electron chi connectivity index (χ2n) is 1.25. The Morgan fingerprint density at radius 1 is 1.29 bits per heavy atom. The Labute approximate surface area is 42.0 Å². The van der Waals surface area contributed by atoms with Crippen molar-refractivity contribution in [2.24, 2.45) is 0 Å². The summed E-state index contributed by atoms with van der Waals surface area (Å²) in [6.45, 7) is 1.00. The predicted molar refractivity (Wildman–Crippen MR) is 26.1 cm³/mol. The molecule has 0 unspecified atom stereocenters. The molecule has 7 heavy (non-hydrogen) atoms. The smallest absolute Gasteiger partial charge is 0.176 e. The van der Waals surface area contributed by atoms with Gasteiger partial charge in [-0.1, -0.05) is 0 Å². The summed E-state index contributed by atoms with van der Waals surface area (Å²) >= 11 is 0. The lowest BCUT2D eigenvalue weighted by atomic mass is 10.7. The summed E-state index contributed by atoms with van der Waals surface area (Å²) in [7, 11) is 0. The molecule has 2 heteroatoms. The van der Waals surface area contributed by atoms with Gasteiger partial charge in [0.15, 0.2) is 6.73 Å². The maximum absolute atomic E-state index is 8.26. The molecule has 1 heterocycles. The highest BCUT2D eigenvalue weighted by Crippen LogP contribution is 1.86. The van der Waals surface area contributed by atoms with Gasteiger partial charge in [-0.3, -0.25) is 0 Å². The van der Waals surface area contributed by atoms with E-state index in [1.54, 1.807) is 17.0 Å².